The Bertz CT molecular complexity index is 479. The average Bonchev–Trinajstić information content (AvgIpc) is 2.46. The van der Waals surface area contributed by atoms with E-state index in [0.29, 0.717) is 11.5 Å². The number of carbonyl (C=O) groups is 2. The van der Waals surface area contributed by atoms with E-state index in [0.717, 1.165) is 25.9 Å². The van der Waals surface area contributed by atoms with E-state index in [1.807, 2.05) is 0 Å². The number of nitrogens with one attached hydrogen (secondary N) is 1. The second-order valence-electron chi connectivity index (χ2n) is 5.25. The summed E-state index contributed by atoms with van der Waals surface area (Å²) in [6.45, 7) is 3.68. The number of likely N-dealkylation sites (tertiary alicyclic amines) is 1. The number of rotatable bonds is 3. The van der Waals surface area contributed by atoms with Crippen LogP contribution in [0.3, 0.4) is 0 Å². The van der Waals surface area contributed by atoms with Crippen molar-refractivity contribution < 1.29 is 14.0 Å². The van der Waals surface area contributed by atoms with Crippen molar-refractivity contribution in [1.29, 1.82) is 0 Å². The zero-order chi connectivity index (χ0) is 14.5. The fourth-order valence-corrected chi connectivity index (χ4v) is 2.23. The summed E-state index contributed by atoms with van der Waals surface area (Å²) >= 11 is 0. The predicted molar refractivity (Wildman–Crippen MR) is 73.7 cm³/mol. The highest BCUT2D eigenvalue weighted by Gasteiger charge is 2.20. The molecule has 1 fully saturated rings. The lowest BCUT2D eigenvalue weighted by Crippen LogP contribution is -2.43. The molecule has 1 heterocycles. The molecule has 1 aliphatic rings. The second-order valence-corrected chi connectivity index (χ2v) is 5.25. The molecule has 108 valence electrons. The maximum absolute atomic E-state index is 12.7. The number of nitrogens with zero attached hydrogens (tertiary/aromatic N) is 1. The summed E-state index contributed by atoms with van der Waals surface area (Å²) in [4.78, 5) is 25.5. The third-order valence-corrected chi connectivity index (χ3v) is 3.64. The Kier molecular flexibility index (Phi) is 4.71. The molecule has 0 spiro atoms. The Balaban J connectivity index is 1.81. The fourth-order valence-electron chi connectivity index (χ4n) is 2.23. The van der Waals surface area contributed by atoms with Crippen molar-refractivity contribution in [2.45, 2.75) is 19.8 Å². The van der Waals surface area contributed by atoms with Crippen LogP contribution in [0.15, 0.2) is 24.3 Å². The van der Waals surface area contributed by atoms with Crippen LogP contribution in [-0.4, -0.2) is 36.3 Å². The Hall–Kier alpha value is -1.91. The van der Waals surface area contributed by atoms with Gasteiger partial charge in [-0.25, -0.2) is 4.39 Å². The molecule has 2 rings (SSSR count). The van der Waals surface area contributed by atoms with Gasteiger partial charge in [-0.15, -0.1) is 0 Å². The summed E-state index contributed by atoms with van der Waals surface area (Å²) in [5, 5.41) is 2.57. The van der Waals surface area contributed by atoms with Gasteiger partial charge < -0.3 is 10.2 Å². The topological polar surface area (TPSA) is 49.4 Å². The molecule has 20 heavy (non-hydrogen) atoms. The lowest BCUT2D eigenvalue weighted by Gasteiger charge is -2.30. The monoisotopic (exact) mass is 278 g/mol. The lowest BCUT2D eigenvalue weighted by molar-refractivity contribution is -0.131. The van der Waals surface area contributed by atoms with E-state index in [1.165, 1.54) is 24.3 Å². The van der Waals surface area contributed by atoms with Gasteiger partial charge in [-0.3, -0.25) is 9.59 Å². The van der Waals surface area contributed by atoms with Crippen LogP contribution in [0.1, 0.15) is 30.1 Å². The van der Waals surface area contributed by atoms with Gasteiger partial charge in [0.25, 0.3) is 5.91 Å². The first kappa shape index (κ1) is 14.5. The van der Waals surface area contributed by atoms with Crippen LogP contribution >= 0.6 is 0 Å². The number of amides is 2. The van der Waals surface area contributed by atoms with Gasteiger partial charge in [0.05, 0.1) is 6.54 Å². The largest absolute Gasteiger partial charge is 0.343 e. The van der Waals surface area contributed by atoms with E-state index >= 15 is 0 Å². The van der Waals surface area contributed by atoms with Crippen LogP contribution in [0.25, 0.3) is 0 Å². The van der Waals surface area contributed by atoms with Crippen molar-refractivity contribution in [1.82, 2.24) is 10.2 Å². The Morgan fingerprint density at radius 2 is 1.85 bits per heavy atom. The smallest absolute Gasteiger partial charge is 0.251 e. The molecule has 0 atom stereocenters. The van der Waals surface area contributed by atoms with Gasteiger partial charge in [-0.2, -0.15) is 0 Å². The average molecular weight is 278 g/mol. The number of halogens is 1. The van der Waals surface area contributed by atoms with E-state index in [4.69, 9.17) is 0 Å². The van der Waals surface area contributed by atoms with Gasteiger partial charge in [0, 0.05) is 18.7 Å². The third-order valence-electron chi connectivity index (χ3n) is 3.64. The van der Waals surface area contributed by atoms with Crippen molar-refractivity contribution >= 4 is 11.8 Å². The molecular weight excluding hydrogens is 259 g/mol. The van der Waals surface area contributed by atoms with Crippen molar-refractivity contribution in [2.24, 2.45) is 5.92 Å². The molecule has 2 amide bonds. The van der Waals surface area contributed by atoms with Crippen LogP contribution in [0.2, 0.25) is 0 Å². The molecule has 0 saturated carbocycles. The summed E-state index contributed by atoms with van der Waals surface area (Å²) in [6.07, 6.45) is 2.02. The summed E-state index contributed by atoms with van der Waals surface area (Å²) in [7, 11) is 0. The van der Waals surface area contributed by atoms with Crippen LogP contribution in [0, 0.1) is 11.7 Å². The molecule has 0 unspecified atom stereocenters. The van der Waals surface area contributed by atoms with Crippen molar-refractivity contribution in [3.63, 3.8) is 0 Å². The molecule has 4 nitrogen and oxygen atoms in total. The maximum Gasteiger partial charge on any atom is 0.251 e. The van der Waals surface area contributed by atoms with Crippen molar-refractivity contribution in [2.75, 3.05) is 19.6 Å². The van der Waals surface area contributed by atoms with E-state index < -0.39 is 0 Å². The first-order valence-corrected chi connectivity index (χ1v) is 6.88. The zero-order valence-electron chi connectivity index (χ0n) is 11.6. The summed E-state index contributed by atoms with van der Waals surface area (Å²) < 4.78 is 12.7. The van der Waals surface area contributed by atoms with Gasteiger partial charge >= 0.3 is 0 Å². The predicted octanol–water partition coefficient (Wildman–Crippen LogP) is 1.81. The van der Waals surface area contributed by atoms with Crippen LogP contribution in [0.4, 0.5) is 4.39 Å². The quantitative estimate of drug-likeness (QED) is 0.916. The van der Waals surface area contributed by atoms with Crippen molar-refractivity contribution in [3.8, 4) is 0 Å². The molecule has 5 heteroatoms. The molecule has 1 aromatic carbocycles. The highest BCUT2D eigenvalue weighted by molar-refractivity contribution is 5.96. The molecule has 0 aromatic heterocycles. The van der Waals surface area contributed by atoms with Gasteiger partial charge in [0.2, 0.25) is 5.91 Å². The van der Waals surface area contributed by atoms with E-state index in [9.17, 15) is 14.0 Å². The van der Waals surface area contributed by atoms with E-state index in [-0.39, 0.29) is 24.2 Å². The van der Waals surface area contributed by atoms with Crippen LogP contribution < -0.4 is 5.32 Å². The molecule has 1 saturated heterocycles. The Morgan fingerprint density at radius 3 is 2.45 bits per heavy atom. The van der Waals surface area contributed by atoms with Crippen LogP contribution in [-0.2, 0) is 4.79 Å². The first-order chi connectivity index (χ1) is 9.56. The summed E-state index contributed by atoms with van der Waals surface area (Å²) in [5.74, 6) is -0.149. The molecular formula is C15H19FN2O2. The molecule has 1 aromatic rings. The standard InChI is InChI=1S/C15H19FN2O2/c1-11-6-8-18(9-7-11)14(19)10-17-15(20)12-2-4-13(16)5-3-12/h2-5,11H,6-10H2,1H3,(H,17,20). The minimum atomic E-state index is -0.389. The lowest BCUT2D eigenvalue weighted by atomic mass is 9.99. The summed E-state index contributed by atoms with van der Waals surface area (Å²) in [6, 6.07) is 5.25. The highest BCUT2D eigenvalue weighted by atomic mass is 19.1. The Labute approximate surface area is 118 Å². The molecule has 0 aliphatic carbocycles. The second kappa shape index (κ2) is 6.50. The van der Waals surface area contributed by atoms with Gasteiger partial charge in [-0.05, 0) is 43.0 Å². The minimum Gasteiger partial charge on any atom is -0.343 e. The summed E-state index contributed by atoms with van der Waals surface area (Å²) in [5.41, 5.74) is 0.353. The van der Waals surface area contributed by atoms with Crippen LogP contribution in [0.5, 0.6) is 0 Å². The number of piperidine rings is 1. The zero-order valence-corrected chi connectivity index (χ0v) is 11.6. The van der Waals surface area contributed by atoms with Gasteiger partial charge in [0.15, 0.2) is 0 Å². The minimum absolute atomic E-state index is 0.00933. The van der Waals surface area contributed by atoms with Gasteiger partial charge in [0.1, 0.15) is 5.82 Å². The van der Waals surface area contributed by atoms with Crippen molar-refractivity contribution in [3.05, 3.63) is 35.6 Å². The Morgan fingerprint density at radius 1 is 1.25 bits per heavy atom. The molecule has 0 bridgehead atoms. The van der Waals surface area contributed by atoms with E-state index in [2.05, 4.69) is 12.2 Å². The number of carbonyl (C=O) groups excluding carboxylic acids is 2. The normalized spacial score (nSPS) is 16.0. The fraction of sp³-hybridized carbons (Fsp3) is 0.467. The maximum atomic E-state index is 12.7. The molecule has 0 radical (unpaired) electrons. The highest BCUT2D eigenvalue weighted by Crippen LogP contribution is 2.15. The molecule has 1 aliphatic heterocycles. The van der Waals surface area contributed by atoms with Gasteiger partial charge in [-0.1, -0.05) is 6.92 Å². The number of hydrogen-bond acceptors (Lipinski definition) is 2. The number of hydrogen-bond donors (Lipinski definition) is 1. The third kappa shape index (κ3) is 3.79. The first-order valence-electron chi connectivity index (χ1n) is 6.88. The molecule has 1 N–H and O–H groups in total. The number of benzene rings is 1. The van der Waals surface area contributed by atoms with E-state index in [1.54, 1.807) is 4.90 Å². The SMILES string of the molecule is CC1CCN(C(=O)CNC(=O)c2ccc(F)cc2)CC1.